The summed E-state index contributed by atoms with van der Waals surface area (Å²) in [5, 5.41) is 24.9. The van der Waals surface area contributed by atoms with Gasteiger partial charge in [0.2, 0.25) is 0 Å². The first-order chi connectivity index (χ1) is 10.2. The standard InChI is InChI=1S/C18H14O3/c19-15-12-6-5-11-7-9-3-1-2-4-10(9)8-13(11)14(12)17-18(21-17)16(15)20/h1-8,15-20H/t15-,16+,17+,18-/m0/s1. The van der Waals surface area contributed by atoms with E-state index in [1.165, 1.54) is 10.8 Å². The number of ether oxygens (including phenoxy) is 1. The van der Waals surface area contributed by atoms with Crippen LogP contribution in [-0.2, 0) is 4.74 Å². The van der Waals surface area contributed by atoms with Crippen LogP contribution in [0.1, 0.15) is 23.3 Å². The van der Waals surface area contributed by atoms with Crippen molar-refractivity contribution in [2.45, 2.75) is 24.4 Å². The summed E-state index contributed by atoms with van der Waals surface area (Å²) in [5.41, 5.74) is 1.84. The second-order valence-corrected chi connectivity index (χ2v) is 5.95. The van der Waals surface area contributed by atoms with Crippen LogP contribution in [0.15, 0.2) is 48.5 Å². The highest BCUT2D eigenvalue weighted by molar-refractivity contribution is 6.00. The first-order valence-electron chi connectivity index (χ1n) is 7.21. The molecule has 0 unspecified atom stereocenters. The molecule has 0 aromatic heterocycles. The van der Waals surface area contributed by atoms with Crippen LogP contribution in [-0.4, -0.2) is 22.4 Å². The Morgan fingerprint density at radius 3 is 2.43 bits per heavy atom. The highest BCUT2D eigenvalue weighted by Crippen LogP contribution is 2.53. The Kier molecular flexibility index (Phi) is 2.13. The van der Waals surface area contributed by atoms with E-state index in [0.717, 1.165) is 21.9 Å². The molecule has 104 valence electrons. The van der Waals surface area contributed by atoms with Crippen molar-refractivity contribution in [3.05, 3.63) is 59.7 Å². The molecule has 0 amide bonds. The zero-order valence-electron chi connectivity index (χ0n) is 11.2. The van der Waals surface area contributed by atoms with E-state index in [4.69, 9.17) is 4.74 Å². The van der Waals surface area contributed by atoms with Gasteiger partial charge in [-0.2, -0.15) is 0 Å². The molecular formula is C18H14O3. The molecule has 2 N–H and O–H groups in total. The second-order valence-electron chi connectivity index (χ2n) is 5.95. The highest BCUT2D eigenvalue weighted by atomic mass is 16.6. The quantitative estimate of drug-likeness (QED) is 0.491. The zero-order valence-corrected chi connectivity index (χ0v) is 11.2. The van der Waals surface area contributed by atoms with Crippen LogP contribution in [0.5, 0.6) is 0 Å². The van der Waals surface area contributed by atoms with Gasteiger partial charge in [0.05, 0.1) is 0 Å². The topological polar surface area (TPSA) is 53.0 Å². The largest absolute Gasteiger partial charge is 0.387 e. The molecule has 1 heterocycles. The van der Waals surface area contributed by atoms with Gasteiger partial charge in [-0.15, -0.1) is 0 Å². The van der Waals surface area contributed by atoms with Crippen molar-refractivity contribution in [2.24, 2.45) is 0 Å². The smallest absolute Gasteiger partial charge is 0.118 e. The van der Waals surface area contributed by atoms with Crippen molar-refractivity contribution in [2.75, 3.05) is 0 Å². The van der Waals surface area contributed by atoms with Gasteiger partial charge in [-0.25, -0.2) is 0 Å². The third-order valence-corrected chi connectivity index (χ3v) is 4.75. The lowest BCUT2D eigenvalue weighted by Gasteiger charge is -2.24. The van der Waals surface area contributed by atoms with Crippen molar-refractivity contribution in [3.8, 4) is 0 Å². The molecule has 1 aliphatic heterocycles. The normalized spacial score (nSPS) is 30.2. The lowest BCUT2D eigenvalue weighted by molar-refractivity contribution is 0.000106. The van der Waals surface area contributed by atoms with Gasteiger partial charge in [0.15, 0.2) is 0 Å². The summed E-state index contributed by atoms with van der Waals surface area (Å²) in [6.45, 7) is 0. The van der Waals surface area contributed by atoms with Crippen LogP contribution in [0.4, 0.5) is 0 Å². The Morgan fingerprint density at radius 2 is 1.62 bits per heavy atom. The number of rotatable bonds is 0. The third-order valence-electron chi connectivity index (χ3n) is 4.75. The number of aliphatic hydroxyl groups excluding tert-OH is 2. The zero-order chi connectivity index (χ0) is 14.1. The summed E-state index contributed by atoms with van der Waals surface area (Å²) < 4.78 is 5.60. The van der Waals surface area contributed by atoms with Crippen LogP contribution in [0, 0.1) is 0 Å². The van der Waals surface area contributed by atoms with E-state index in [2.05, 4.69) is 24.3 Å². The van der Waals surface area contributed by atoms with Gasteiger partial charge in [-0.3, -0.25) is 0 Å². The Balaban J connectivity index is 1.87. The molecule has 2 aliphatic rings. The summed E-state index contributed by atoms with van der Waals surface area (Å²) in [7, 11) is 0. The summed E-state index contributed by atoms with van der Waals surface area (Å²) in [6, 6.07) is 16.5. The Morgan fingerprint density at radius 1 is 0.857 bits per heavy atom. The first-order valence-corrected chi connectivity index (χ1v) is 7.21. The van der Waals surface area contributed by atoms with E-state index in [1.54, 1.807) is 0 Å². The van der Waals surface area contributed by atoms with E-state index < -0.39 is 12.2 Å². The van der Waals surface area contributed by atoms with Crippen LogP contribution in [0.2, 0.25) is 0 Å². The SMILES string of the molecule is O[C@H]1[C@@H]2O[C@@H]2c2c(ccc3cc4ccccc4cc23)[C@@H]1O. The fraction of sp³-hybridized carbons (Fsp3) is 0.222. The summed E-state index contributed by atoms with van der Waals surface area (Å²) in [5.74, 6) is 0. The van der Waals surface area contributed by atoms with E-state index in [-0.39, 0.29) is 12.2 Å². The number of aliphatic hydroxyl groups is 2. The van der Waals surface area contributed by atoms with Crippen molar-refractivity contribution < 1.29 is 14.9 Å². The number of hydrogen-bond acceptors (Lipinski definition) is 3. The van der Waals surface area contributed by atoms with Crippen molar-refractivity contribution in [1.29, 1.82) is 0 Å². The number of epoxide rings is 1. The predicted octanol–water partition coefficient (Wildman–Crippen LogP) is 2.84. The van der Waals surface area contributed by atoms with E-state index in [0.29, 0.717) is 0 Å². The molecule has 3 heteroatoms. The Bertz CT molecular complexity index is 886. The molecule has 0 spiro atoms. The first kappa shape index (κ1) is 11.7. The predicted molar refractivity (Wildman–Crippen MR) is 80.0 cm³/mol. The van der Waals surface area contributed by atoms with Gasteiger partial charge in [0, 0.05) is 0 Å². The Hall–Kier alpha value is -1.94. The fourth-order valence-corrected chi connectivity index (χ4v) is 3.61. The lowest BCUT2D eigenvalue weighted by Crippen LogP contribution is -2.29. The molecule has 1 aliphatic carbocycles. The molecule has 1 saturated heterocycles. The number of benzene rings is 3. The number of fused-ring (bicyclic) bond motifs is 6. The van der Waals surface area contributed by atoms with Gasteiger partial charge in [-0.1, -0.05) is 36.4 Å². The molecule has 5 rings (SSSR count). The van der Waals surface area contributed by atoms with Gasteiger partial charge in [-0.05, 0) is 44.8 Å². The molecule has 3 aromatic carbocycles. The van der Waals surface area contributed by atoms with Crippen molar-refractivity contribution in [3.63, 3.8) is 0 Å². The molecule has 3 nitrogen and oxygen atoms in total. The van der Waals surface area contributed by atoms with Crippen LogP contribution in [0.25, 0.3) is 21.5 Å². The van der Waals surface area contributed by atoms with Crippen LogP contribution in [0.3, 0.4) is 0 Å². The summed E-state index contributed by atoms with van der Waals surface area (Å²) >= 11 is 0. The maximum atomic E-state index is 10.3. The van der Waals surface area contributed by atoms with E-state index >= 15 is 0 Å². The monoisotopic (exact) mass is 278 g/mol. The van der Waals surface area contributed by atoms with Crippen molar-refractivity contribution in [1.82, 2.24) is 0 Å². The average Bonchev–Trinajstić information content (AvgIpc) is 3.30. The molecule has 0 saturated carbocycles. The minimum Gasteiger partial charge on any atom is -0.387 e. The van der Waals surface area contributed by atoms with E-state index in [1.807, 2.05) is 24.3 Å². The molecular weight excluding hydrogens is 264 g/mol. The average molecular weight is 278 g/mol. The van der Waals surface area contributed by atoms with Crippen molar-refractivity contribution >= 4 is 21.5 Å². The third kappa shape index (κ3) is 1.48. The molecule has 1 fully saturated rings. The Labute approximate surface area is 121 Å². The van der Waals surface area contributed by atoms with E-state index in [9.17, 15) is 10.2 Å². The molecule has 0 radical (unpaired) electrons. The van der Waals surface area contributed by atoms with Gasteiger partial charge < -0.3 is 14.9 Å². The van der Waals surface area contributed by atoms with Gasteiger partial charge >= 0.3 is 0 Å². The minimum absolute atomic E-state index is 0.0803. The maximum Gasteiger partial charge on any atom is 0.118 e. The molecule has 3 aromatic rings. The summed E-state index contributed by atoms with van der Waals surface area (Å²) in [6.07, 6.45) is -2.02. The number of hydrogen-bond donors (Lipinski definition) is 2. The summed E-state index contributed by atoms with van der Waals surface area (Å²) in [4.78, 5) is 0. The maximum absolute atomic E-state index is 10.3. The lowest BCUT2D eigenvalue weighted by atomic mass is 9.84. The van der Waals surface area contributed by atoms with Gasteiger partial charge in [0.1, 0.15) is 24.4 Å². The molecule has 21 heavy (non-hydrogen) atoms. The molecule has 0 bridgehead atoms. The second kappa shape index (κ2) is 3.83. The van der Waals surface area contributed by atoms with Crippen LogP contribution < -0.4 is 0 Å². The highest BCUT2D eigenvalue weighted by Gasteiger charge is 2.54. The van der Waals surface area contributed by atoms with Gasteiger partial charge in [0.25, 0.3) is 0 Å². The fourth-order valence-electron chi connectivity index (χ4n) is 3.61. The molecule has 4 atom stereocenters. The minimum atomic E-state index is -0.861. The van der Waals surface area contributed by atoms with Crippen LogP contribution >= 0.6 is 0 Å².